The van der Waals surface area contributed by atoms with Gasteiger partial charge in [0.15, 0.2) is 0 Å². The van der Waals surface area contributed by atoms with Crippen LogP contribution in [-0.4, -0.2) is 23.8 Å². The average molecular weight is 288 g/mol. The van der Waals surface area contributed by atoms with Gasteiger partial charge in [0.2, 0.25) is 0 Å². The molecule has 5 heteroatoms. The summed E-state index contributed by atoms with van der Waals surface area (Å²) in [4.78, 5) is 0.268. The van der Waals surface area contributed by atoms with Gasteiger partial charge in [-0.3, -0.25) is 0 Å². The van der Waals surface area contributed by atoms with Crippen molar-refractivity contribution in [1.29, 1.82) is 0 Å². The smallest absolute Gasteiger partial charge is 0.129 e. The van der Waals surface area contributed by atoms with Gasteiger partial charge in [0.05, 0.1) is 17.8 Å². The quantitative estimate of drug-likeness (QED) is 0.667. The van der Waals surface area contributed by atoms with Crippen LogP contribution in [0.15, 0.2) is 18.2 Å². The largest absolute Gasteiger partial charge is 0.490 e. The summed E-state index contributed by atoms with van der Waals surface area (Å²) in [7, 11) is 0. The highest BCUT2D eigenvalue weighted by atomic mass is 35.5. The van der Waals surface area contributed by atoms with Gasteiger partial charge in [-0.2, -0.15) is 0 Å². The molecule has 0 saturated carbocycles. The molecule has 0 aliphatic carbocycles. The maximum Gasteiger partial charge on any atom is 0.129 e. The lowest BCUT2D eigenvalue weighted by Crippen LogP contribution is -2.23. The van der Waals surface area contributed by atoms with Crippen LogP contribution in [-0.2, 0) is 4.74 Å². The van der Waals surface area contributed by atoms with E-state index in [9.17, 15) is 0 Å². The molecule has 0 atom stereocenters. The molecule has 0 unspecified atom stereocenters. The van der Waals surface area contributed by atoms with Gasteiger partial charge in [-0.25, -0.2) is 0 Å². The third kappa shape index (κ3) is 5.21. The van der Waals surface area contributed by atoms with Crippen LogP contribution in [0.5, 0.6) is 5.75 Å². The van der Waals surface area contributed by atoms with Gasteiger partial charge in [0.25, 0.3) is 0 Å². The van der Waals surface area contributed by atoms with Crippen LogP contribution < -0.4 is 10.5 Å². The van der Waals surface area contributed by atoms with E-state index in [0.717, 1.165) is 0 Å². The highest BCUT2D eigenvalue weighted by Crippen LogP contribution is 2.22. The molecule has 1 aromatic rings. The van der Waals surface area contributed by atoms with E-state index in [1.54, 1.807) is 18.2 Å². The zero-order valence-electron chi connectivity index (χ0n) is 10.8. The van der Waals surface area contributed by atoms with Gasteiger partial charge >= 0.3 is 0 Å². The monoisotopic (exact) mass is 287 g/mol. The number of thiocarbonyl (C=S) groups is 1. The van der Waals surface area contributed by atoms with Gasteiger partial charge in [-0.05, 0) is 39.0 Å². The topological polar surface area (TPSA) is 44.5 Å². The summed E-state index contributed by atoms with van der Waals surface area (Å²) in [5.41, 5.74) is 6.09. The van der Waals surface area contributed by atoms with Gasteiger partial charge in [0, 0.05) is 5.02 Å². The van der Waals surface area contributed by atoms with Crippen LogP contribution in [0.4, 0.5) is 0 Å². The highest BCUT2D eigenvalue weighted by molar-refractivity contribution is 7.80. The van der Waals surface area contributed by atoms with Crippen molar-refractivity contribution in [2.75, 3.05) is 13.2 Å². The minimum atomic E-state index is -0.171. The molecule has 1 rings (SSSR count). The minimum absolute atomic E-state index is 0.171. The lowest BCUT2D eigenvalue weighted by molar-refractivity contribution is -0.0163. The van der Waals surface area contributed by atoms with Crippen LogP contribution in [0.2, 0.25) is 5.02 Å². The maximum atomic E-state index is 5.89. The van der Waals surface area contributed by atoms with E-state index >= 15 is 0 Å². The third-order valence-electron chi connectivity index (χ3n) is 2.08. The molecule has 0 amide bonds. The predicted molar refractivity (Wildman–Crippen MR) is 78.5 cm³/mol. The van der Waals surface area contributed by atoms with Crippen molar-refractivity contribution in [2.45, 2.75) is 26.4 Å². The Morgan fingerprint density at radius 2 is 2.00 bits per heavy atom. The Kier molecular flexibility index (Phi) is 5.38. The van der Waals surface area contributed by atoms with Crippen LogP contribution >= 0.6 is 23.8 Å². The predicted octanol–water partition coefficient (Wildman–Crippen LogP) is 3.17. The summed E-state index contributed by atoms with van der Waals surface area (Å²) in [5, 5.41) is 0.580. The van der Waals surface area contributed by atoms with Crippen molar-refractivity contribution >= 4 is 28.8 Å². The number of ether oxygens (including phenoxy) is 2. The van der Waals surface area contributed by atoms with E-state index in [2.05, 4.69) is 0 Å². The van der Waals surface area contributed by atoms with Crippen LogP contribution in [0.1, 0.15) is 26.3 Å². The summed E-state index contributed by atoms with van der Waals surface area (Å²) >= 11 is 10.8. The molecule has 0 radical (unpaired) electrons. The van der Waals surface area contributed by atoms with Crippen molar-refractivity contribution in [2.24, 2.45) is 5.73 Å². The van der Waals surface area contributed by atoms with E-state index in [4.69, 9.17) is 39.0 Å². The molecular weight excluding hydrogens is 270 g/mol. The van der Waals surface area contributed by atoms with E-state index in [1.165, 1.54) is 0 Å². The number of nitrogens with two attached hydrogens (primary N) is 1. The first-order valence-electron chi connectivity index (χ1n) is 5.66. The van der Waals surface area contributed by atoms with Gasteiger partial charge in [-0.15, -0.1) is 0 Å². The van der Waals surface area contributed by atoms with Gasteiger partial charge in [0.1, 0.15) is 17.3 Å². The second kappa shape index (κ2) is 6.36. The Morgan fingerprint density at radius 1 is 1.33 bits per heavy atom. The summed E-state index contributed by atoms with van der Waals surface area (Å²) < 4.78 is 11.2. The Labute approximate surface area is 118 Å². The zero-order valence-corrected chi connectivity index (χ0v) is 12.4. The molecule has 0 bridgehead atoms. The van der Waals surface area contributed by atoms with Crippen LogP contribution in [0, 0.1) is 0 Å². The molecule has 0 saturated heterocycles. The lowest BCUT2D eigenvalue weighted by atomic mass is 10.2. The zero-order chi connectivity index (χ0) is 13.8. The summed E-state index contributed by atoms with van der Waals surface area (Å²) in [5.74, 6) is 0.629. The van der Waals surface area contributed by atoms with E-state index in [0.29, 0.717) is 29.5 Å². The van der Waals surface area contributed by atoms with Crippen molar-refractivity contribution in [1.82, 2.24) is 0 Å². The SMILES string of the molecule is CC(C)(C)OCCOc1ccc(Cl)cc1C(N)=S. The normalized spacial score (nSPS) is 11.3. The molecule has 0 spiro atoms. The second-order valence-corrected chi connectivity index (χ2v) is 5.69. The van der Waals surface area contributed by atoms with Gasteiger partial charge < -0.3 is 15.2 Å². The first kappa shape index (κ1) is 15.2. The summed E-state index contributed by atoms with van der Waals surface area (Å²) in [6.07, 6.45) is 0. The molecule has 100 valence electrons. The molecular formula is C13H18ClNO2S. The van der Waals surface area contributed by atoms with Crippen molar-refractivity contribution in [3.63, 3.8) is 0 Å². The lowest BCUT2D eigenvalue weighted by Gasteiger charge is -2.20. The molecule has 0 aromatic heterocycles. The van der Waals surface area contributed by atoms with Crippen molar-refractivity contribution < 1.29 is 9.47 Å². The van der Waals surface area contributed by atoms with E-state index < -0.39 is 0 Å². The number of halogens is 1. The van der Waals surface area contributed by atoms with Gasteiger partial charge in [-0.1, -0.05) is 23.8 Å². The Balaban J connectivity index is 2.59. The molecule has 0 fully saturated rings. The highest BCUT2D eigenvalue weighted by Gasteiger charge is 2.11. The number of hydrogen-bond donors (Lipinski definition) is 1. The molecule has 0 aliphatic heterocycles. The molecule has 2 N–H and O–H groups in total. The number of rotatable bonds is 5. The van der Waals surface area contributed by atoms with Crippen molar-refractivity contribution in [3.05, 3.63) is 28.8 Å². The molecule has 3 nitrogen and oxygen atoms in total. The van der Waals surface area contributed by atoms with Crippen LogP contribution in [0.3, 0.4) is 0 Å². The third-order valence-corrected chi connectivity index (χ3v) is 2.54. The molecule has 1 aromatic carbocycles. The number of benzene rings is 1. The van der Waals surface area contributed by atoms with Crippen molar-refractivity contribution in [3.8, 4) is 5.75 Å². The average Bonchev–Trinajstić information content (AvgIpc) is 2.24. The second-order valence-electron chi connectivity index (χ2n) is 4.81. The first-order valence-corrected chi connectivity index (χ1v) is 6.44. The Hall–Kier alpha value is -0.840. The fourth-order valence-electron chi connectivity index (χ4n) is 1.32. The standard InChI is InChI=1S/C13H18ClNO2S/c1-13(2,3)17-7-6-16-11-5-4-9(14)8-10(11)12(15)18/h4-5,8H,6-7H2,1-3H3,(H2,15,18). The minimum Gasteiger partial charge on any atom is -0.490 e. The first-order chi connectivity index (χ1) is 8.29. The maximum absolute atomic E-state index is 5.89. The van der Waals surface area contributed by atoms with Crippen LogP contribution in [0.25, 0.3) is 0 Å². The van der Waals surface area contributed by atoms with E-state index in [1.807, 2.05) is 20.8 Å². The Bertz CT molecular complexity index is 429. The number of hydrogen-bond acceptors (Lipinski definition) is 3. The fourth-order valence-corrected chi connectivity index (χ4v) is 1.65. The summed E-state index contributed by atoms with van der Waals surface area (Å²) in [6.45, 7) is 6.93. The molecule has 18 heavy (non-hydrogen) atoms. The molecule has 0 aliphatic rings. The van der Waals surface area contributed by atoms with E-state index in [-0.39, 0.29) is 10.6 Å². The molecule has 0 heterocycles. The fraction of sp³-hybridized carbons (Fsp3) is 0.462. The Morgan fingerprint density at radius 3 is 2.56 bits per heavy atom. The summed E-state index contributed by atoms with van der Waals surface area (Å²) in [6, 6.07) is 5.20.